The van der Waals surface area contributed by atoms with Crippen LogP contribution in [-0.4, -0.2) is 21.8 Å². The molecule has 0 aromatic heterocycles. The first-order chi connectivity index (χ1) is 6.95. The van der Waals surface area contributed by atoms with Gasteiger partial charge in [0.25, 0.3) is 0 Å². The molecule has 0 spiro atoms. The maximum atomic E-state index is 10.7. The standard InChI is InChI=1S/C12H12O3/c1-3-9-4-6-10(7-5-9)8-12(2,15)11(13)14/h1,4-7,15H,8H2,2H3,(H,13,14). The molecule has 0 aliphatic heterocycles. The number of rotatable bonds is 3. The lowest BCUT2D eigenvalue weighted by Gasteiger charge is -2.17. The van der Waals surface area contributed by atoms with Crippen molar-refractivity contribution in [2.24, 2.45) is 0 Å². The van der Waals surface area contributed by atoms with Gasteiger partial charge in [0.1, 0.15) is 0 Å². The molecule has 0 aliphatic carbocycles. The predicted octanol–water partition coefficient (Wildman–Crippen LogP) is 1.05. The average Bonchev–Trinajstić information content (AvgIpc) is 2.18. The summed E-state index contributed by atoms with van der Waals surface area (Å²) in [5.41, 5.74) is -0.271. The lowest BCUT2D eigenvalue weighted by molar-refractivity contribution is -0.156. The second-order valence-corrected chi connectivity index (χ2v) is 3.60. The lowest BCUT2D eigenvalue weighted by atomic mass is 9.96. The molecule has 1 atom stereocenters. The first-order valence-electron chi connectivity index (χ1n) is 4.47. The summed E-state index contributed by atoms with van der Waals surface area (Å²) in [4.78, 5) is 10.7. The molecule has 0 aliphatic rings. The van der Waals surface area contributed by atoms with Crippen molar-refractivity contribution in [1.82, 2.24) is 0 Å². The fraction of sp³-hybridized carbons (Fsp3) is 0.250. The molecule has 1 rings (SSSR count). The van der Waals surface area contributed by atoms with Crippen molar-refractivity contribution in [3.63, 3.8) is 0 Å². The number of aliphatic hydroxyl groups is 1. The number of carbonyl (C=O) groups is 1. The van der Waals surface area contributed by atoms with Crippen molar-refractivity contribution in [1.29, 1.82) is 0 Å². The van der Waals surface area contributed by atoms with Crippen molar-refractivity contribution in [3.8, 4) is 12.3 Å². The molecule has 0 saturated heterocycles. The van der Waals surface area contributed by atoms with Crippen LogP contribution in [0.5, 0.6) is 0 Å². The molecule has 0 bridgehead atoms. The molecule has 0 radical (unpaired) electrons. The van der Waals surface area contributed by atoms with Crippen molar-refractivity contribution < 1.29 is 15.0 Å². The van der Waals surface area contributed by atoms with E-state index < -0.39 is 11.6 Å². The Hall–Kier alpha value is -1.79. The van der Waals surface area contributed by atoms with E-state index in [-0.39, 0.29) is 6.42 Å². The molecule has 1 aromatic carbocycles. The highest BCUT2D eigenvalue weighted by atomic mass is 16.4. The number of carboxylic acids is 1. The van der Waals surface area contributed by atoms with Gasteiger partial charge >= 0.3 is 5.97 Å². The molecule has 0 heterocycles. The Kier molecular flexibility index (Phi) is 3.13. The van der Waals surface area contributed by atoms with Crippen LogP contribution in [0, 0.1) is 12.3 Å². The molecule has 0 fully saturated rings. The van der Waals surface area contributed by atoms with Crippen LogP contribution in [0.3, 0.4) is 0 Å². The Morgan fingerprint density at radius 1 is 1.47 bits per heavy atom. The van der Waals surface area contributed by atoms with E-state index in [4.69, 9.17) is 11.5 Å². The number of hydrogen-bond acceptors (Lipinski definition) is 2. The van der Waals surface area contributed by atoms with Crippen LogP contribution < -0.4 is 0 Å². The number of terminal acetylenes is 1. The number of aliphatic carboxylic acids is 1. The predicted molar refractivity (Wildman–Crippen MR) is 56.3 cm³/mol. The Morgan fingerprint density at radius 3 is 2.40 bits per heavy atom. The number of carboxylic acid groups (broad SMARTS) is 1. The van der Waals surface area contributed by atoms with E-state index in [0.29, 0.717) is 0 Å². The SMILES string of the molecule is C#Cc1ccc(CC(C)(O)C(=O)O)cc1. The Labute approximate surface area is 88.4 Å². The Balaban J connectivity index is 2.83. The largest absolute Gasteiger partial charge is 0.479 e. The van der Waals surface area contributed by atoms with Crippen LogP contribution in [0.1, 0.15) is 18.1 Å². The Morgan fingerprint density at radius 2 is 2.00 bits per heavy atom. The summed E-state index contributed by atoms with van der Waals surface area (Å²) in [5.74, 6) is 1.23. The van der Waals surface area contributed by atoms with Gasteiger partial charge in [-0.15, -0.1) is 6.42 Å². The monoisotopic (exact) mass is 204 g/mol. The second kappa shape index (κ2) is 4.16. The normalized spacial score (nSPS) is 13.9. The van der Waals surface area contributed by atoms with Gasteiger partial charge in [-0.3, -0.25) is 0 Å². The third-order valence-electron chi connectivity index (χ3n) is 2.13. The van der Waals surface area contributed by atoms with Crippen molar-refractivity contribution in [3.05, 3.63) is 35.4 Å². The minimum Gasteiger partial charge on any atom is -0.479 e. The molecule has 1 unspecified atom stereocenters. The quantitative estimate of drug-likeness (QED) is 0.723. The molecular weight excluding hydrogens is 192 g/mol. The van der Waals surface area contributed by atoms with Gasteiger partial charge in [-0.05, 0) is 24.6 Å². The van der Waals surface area contributed by atoms with Gasteiger partial charge < -0.3 is 10.2 Å². The van der Waals surface area contributed by atoms with E-state index in [1.807, 2.05) is 0 Å². The maximum absolute atomic E-state index is 10.7. The molecule has 2 N–H and O–H groups in total. The second-order valence-electron chi connectivity index (χ2n) is 3.60. The molecule has 0 amide bonds. The summed E-state index contributed by atoms with van der Waals surface area (Å²) in [5, 5.41) is 18.3. The smallest absolute Gasteiger partial charge is 0.335 e. The zero-order valence-corrected chi connectivity index (χ0v) is 8.40. The Bertz CT molecular complexity index is 396. The molecule has 3 heteroatoms. The maximum Gasteiger partial charge on any atom is 0.335 e. The molecular formula is C12H12O3. The minimum atomic E-state index is -1.74. The van der Waals surface area contributed by atoms with E-state index in [1.54, 1.807) is 24.3 Å². The van der Waals surface area contributed by atoms with Gasteiger partial charge in [0, 0.05) is 12.0 Å². The summed E-state index contributed by atoms with van der Waals surface area (Å²) in [6.07, 6.45) is 5.24. The van der Waals surface area contributed by atoms with E-state index in [9.17, 15) is 9.90 Å². The highest BCUT2D eigenvalue weighted by Gasteiger charge is 2.29. The van der Waals surface area contributed by atoms with Gasteiger partial charge in [0.15, 0.2) is 5.60 Å². The van der Waals surface area contributed by atoms with E-state index in [2.05, 4.69) is 5.92 Å². The fourth-order valence-electron chi connectivity index (χ4n) is 1.19. The molecule has 3 nitrogen and oxygen atoms in total. The number of hydrogen-bond donors (Lipinski definition) is 2. The van der Waals surface area contributed by atoms with Crippen LogP contribution in [-0.2, 0) is 11.2 Å². The summed E-state index contributed by atoms with van der Waals surface area (Å²) in [6.45, 7) is 1.27. The zero-order chi connectivity index (χ0) is 11.5. The topological polar surface area (TPSA) is 57.5 Å². The van der Waals surface area contributed by atoms with Crippen LogP contribution in [0.15, 0.2) is 24.3 Å². The zero-order valence-electron chi connectivity index (χ0n) is 8.40. The molecule has 78 valence electrons. The van der Waals surface area contributed by atoms with Gasteiger partial charge in [-0.1, -0.05) is 18.1 Å². The van der Waals surface area contributed by atoms with Crippen LogP contribution in [0.2, 0.25) is 0 Å². The first-order valence-corrected chi connectivity index (χ1v) is 4.47. The van der Waals surface area contributed by atoms with E-state index in [1.165, 1.54) is 6.92 Å². The number of benzene rings is 1. The third-order valence-corrected chi connectivity index (χ3v) is 2.13. The summed E-state index contributed by atoms with van der Waals surface area (Å²) < 4.78 is 0. The molecule has 1 aromatic rings. The highest BCUT2D eigenvalue weighted by Crippen LogP contribution is 2.14. The summed E-state index contributed by atoms with van der Waals surface area (Å²) in [6, 6.07) is 6.86. The van der Waals surface area contributed by atoms with Crippen LogP contribution in [0.4, 0.5) is 0 Å². The van der Waals surface area contributed by atoms with E-state index >= 15 is 0 Å². The fourth-order valence-corrected chi connectivity index (χ4v) is 1.19. The summed E-state index contributed by atoms with van der Waals surface area (Å²) >= 11 is 0. The van der Waals surface area contributed by atoms with Crippen molar-refractivity contribution in [2.75, 3.05) is 0 Å². The average molecular weight is 204 g/mol. The molecule has 0 saturated carbocycles. The summed E-state index contributed by atoms with van der Waals surface area (Å²) in [7, 11) is 0. The van der Waals surface area contributed by atoms with Crippen LogP contribution in [0.25, 0.3) is 0 Å². The highest BCUT2D eigenvalue weighted by molar-refractivity contribution is 5.76. The van der Waals surface area contributed by atoms with Gasteiger partial charge in [0.2, 0.25) is 0 Å². The minimum absolute atomic E-state index is 0.0627. The van der Waals surface area contributed by atoms with Crippen molar-refractivity contribution in [2.45, 2.75) is 18.9 Å². The van der Waals surface area contributed by atoms with Gasteiger partial charge in [-0.25, -0.2) is 4.79 Å². The van der Waals surface area contributed by atoms with Crippen molar-refractivity contribution >= 4 is 5.97 Å². The first kappa shape index (κ1) is 11.3. The van der Waals surface area contributed by atoms with Gasteiger partial charge in [-0.2, -0.15) is 0 Å². The molecule has 15 heavy (non-hydrogen) atoms. The van der Waals surface area contributed by atoms with Gasteiger partial charge in [0.05, 0.1) is 0 Å². The van der Waals surface area contributed by atoms with Crippen LogP contribution >= 0.6 is 0 Å². The third kappa shape index (κ3) is 2.83. The van der Waals surface area contributed by atoms with E-state index in [0.717, 1.165) is 11.1 Å². The lowest BCUT2D eigenvalue weighted by Crippen LogP contribution is -2.37.